The number of carboxylic acid groups (broad SMARTS) is 1. The molecule has 2 aliphatic rings. The lowest BCUT2D eigenvalue weighted by Gasteiger charge is -2.16. The predicted octanol–water partition coefficient (Wildman–Crippen LogP) is 4.52. The Kier molecular flexibility index (Phi) is 5.03. The Morgan fingerprint density at radius 1 is 1.06 bits per heavy atom. The Morgan fingerprint density at radius 3 is 2.53 bits per heavy atom. The van der Waals surface area contributed by atoms with Crippen LogP contribution >= 0.6 is 0 Å². The number of carbonyl (C=O) groups excluding carboxylic acids is 1. The van der Waals surface area contributed by atoms with Gasteiger partial charge in [0.15, 0.2) is 0 Å². The van der Waals surface area contributed by atoms with Gasteiger partial charge in [0, 0.05) is 23.6 Å². The minimum absolute atomic E-state index is 0.0870. The maximum absolute atomic E-state index is 13.2. The molecule has 2 aromatic heterocycles. The Hall–Kier alpha value is -4.26. The second-order valence-corrected chi connectivity index (χ2v) is 10.1. The second-order valence-electron chi connectivity index (χ2n) is 10.1. The Morgan fingerprint density at radius 2 is 1.83 bits per heavy atom. The van der Waals surface area contributed by atoms with Crippen LogP contribution in [0.2, 0.25) is 0 Å². The van der Waals surface area contributed by atoms with E-state index in [2.05, 4.69) is 10.3 Å². The number of rotatable bonds is 6. The number of hydrogen-bond acceptors (Lipinski definition) is 4. The van der Waals surface area contributed by atoms with Gasteiger partial charge < -0.3 is 15.0 Å². The van der Waals surface area contributed by atoms with Crippen LogP contribution in [0.5, 0.6) is 0 Å². The number of nitrogens with zero attached hydrogens (tertiary/aromatic N) is 2. The average molecular weight is 480 g/mol. The molecule has 0 spiro atoms. The molecule has 0 radical (unpaired) electrons. The van der Waals surface area contributed by atoms with Crippen LogP contribution in [0.4, 0.5) is 0 Å². The van der Waals surface area contributed by atoms with Crippen LogP contribution in [0.25, 0.3) is 27.8 Å². The lowest BCUT2D eigenvalue weighted by Crippen LogP contribution is -2.37. The second kappa shape index (κ2) is 8.16. The summed E-state index contributed by atoms with van der Waals surface area (Å²) in [4.78, 5) is 41.8. The molecule has 4 aromatic rings. The van der Waals surface area contributed by atoms with E-state index in [1.54, 1.807) is 29.1 Å². The number of pyridine rings is 2. The minimum atomic E-state index is -0.738. The molecule has 2 fully saturated rings. The summed E-state index contributed by atoms with van der Waals surface area (Å²) in [6, 6.07) is 19.2. The van der Waals surface area contributed by atoms with Gasteiger partial charge >= 0.3 is 5.97 Å². The van der Waals surface area contributed by atoms with E-state index in [0.29, 0.717) is 17.5 Å². The molecule has 2 aliphatic carbocycles. The van der Waals surface area contributed by atoms with Crippen molar-refractivity contribution in [2.75, 3.05) is 0 Å². The van der Waals surface area contributed by atoms with Crippen LogP contribution in [0.3, 0.4) is 0 Å². The standard InChI is InChI=1S/C29H25N3O4/c1-29(11-12-29)31-27(34)24-16-32(26-21(25(24)33)6-3-13-30-26)20-5-2-4-19(14-20)17-7-9-18(10-8-17)22-15-23(22)28(35)36/h2-10,13-14,16,22-23H,11-12,15H2,1H3,(H,31,34)(H,35,36)/t22-,23+/m0/s1. The van der Waals surface area contributed by atoms with Crippen molar-refractivity contribution < 1.29 is 14.7 Å². The highest BCUT2D eigenvalue weighted by molar-refractivity contribution is 5.97. The lowest BCUT2D eigenvalue weighted by atomic mass is 10.0. The monoisotopic (exact) mass is 479 g/mol. The quantitative estimate of drug-likeness (QED) is 0.423. The number of carboxylic acids is 1. The fraction of sp³-hybridized carbons (Fsp3) is 0.241. The first kappa shape index (κ1) is 22.2. The van der Waals surface area contributed by atoms with Crippen LogP contribution < -0.4 is 10.7 Å². The van der Waals surface area contributed by atoms with Gasteiger partial charge in [-0.05, 0) is 73.1 Å². The van der Waals surface area contributed by atoms with E-state index in [1.165, 1.54) is 0 Å². The van der Waals surface area contributed by atoms with Crippen LogP contribution in [0, 0.1) is 5.92 Å². The molecule has 6 rings (SSSR count). The van der Waals surface area contributed by atoms with Crippen LogP contribution in [-0.2, 0) is 4.79 Å². The smallest absolute Gasteiger partial charge is 0.307 e. The van der Waals surface area contributed by atoms with Gasteiger partial charge in [-0.15, -0.1) is 0 Å². The van der Waals surface area contributed by atoms with E-state index in [-0.39, 0.29) is 34.3 Å². The summed E-state index contributed by atoms with van der Waals surface area (Å²) in [5.74, 6) is -1.30. The maximum atomic E-state index is 13.2. The van der Waals surface area contributed by atoms with E-state index in [9.17, 15) is 19.5 Å². The van der Waals surface area contributed by atoms with Gasteiger partial charge in [-0.3, -0.25) is 14.4 Å². The zero-order valence-corrected chi connectivity index (χ0v) is 19.8. The number of carbonyl (C=O) groups is 2. The van der Waals surface area contributed by atoms with Gasteiger partial charge in [-0.1, -0.05) is 36.4 Å². The van der Waals surface area contributed by atoms with Crippen molar-refractivity contribution in [3.05, 3.63) is 94.4 Å². The molecule has 7 nitrogen and oxygen atoms in total. The molecule has 2 aromatic carbocycles. The molecular weight excluding hydrogens is 454 g/mol. The topological polar surface area (TPSA) is 101 Å². The zero-order valence-electron chi connectivity index (χ0n) is 19.8. The highest BCUT2D eigenvalue weighted by atomic mass is 16.4. The molecule has 2 atom stereocenters. The average Bonchev–Trinajstić information content (AvgIpc) is 3.81. The highest BCUT2D eigenvalue weighted by Crippen LogP contribution is 2.47. The van der Waals surface area contributed by atoms with Gasteiger partial charge in [-0.2, -0.15) is 0 Å². The highest BCUT2D eigenvalue weighted by Gasteiger charge is 2.44. The summed E-state index contributed by atoms with van der Waals surface area (Å²) in [7, 11) is 0. The van der Waals surface area contributed by atoms with Gasteiger partial charge in [-0.25, -0.2) is 4.98 Å². The van der Waals surface area contributed by atoms with E-state index in [1.807, 2.05) is 55.5 Å². The first-order valence-corrected chi connectivity index (χ1v) is 12.1. The summed E-state index contributed by atoms with van der Waals surface area (Å²) >= 11 is 0. The van der Waals surface area contributed by atoms with E-state index < -0.39 is 5.97 Å². The molecule has 2 heterocycles. The Bertz CT molecular complexity index is 1580. The lowest BCUT2D eigenvalue weighted by molar-refractivity contribution is -0.138. The molecule has 7 heteroatoms. The zero-order chi connectivity index (χ0) is 25.0. The number of aromatic nitrogens is 2. The first-order chi connectivity index (χ1) is 17.3. The summed E-state index contributed by atoms with van der Waals surface area (Å²) in [6.07, 6.45) is 5.71. The Labute approximate surface area is 207 Å². The fourth-order valence-electron chi connectivity index (χ4n) is 4.77. The van der Waals surface area contributed by atoms with Gasteiger partial charge in [0.05, 0.1) is 11.3 Å². The van der Waals surface area contributed by atoms with E-state index in [0.717, 1.165) is 35.2 Å². The Balaban J connectivity index is 1.39. The van der Waals surface area contributed by atoms with E-state index in [4.69, 9.17) is 0 Å². The first-order valence-electron chi connectivity index (χ1n) is 12.1. The number of nitrogens with one attached hydrogen (secondary N) is 1. The number of fused-ring (bicyclic) bond motifs is 1. The normalized spacial score (nSPS) is 19.6. The van der Waals surface area contributed by atoms with Crippen molar-refractivity contribution in [3.63, 3.8) is 0 Å². The van der Waals surface area contributed by atoms with Crippen molar-refractivity contribution in [3.8, 4) is 16.8 Å². The molecule has 0 unspecified atom stereocenters. The number of aliphatic carboxylic acids is 1. The van der Waals surface area contributed by atoms with Crippen molar-refractivity contribution in [2.45, 2.75) is 37.6 Å². The van der Waals surface area contributed by atoms with Crippen LogP contribution in [0.1, 0.15) is 48.0 Å². The third-order valence-corrected chi connectivity index (χ3v) is 7.33. The summed E-state index contributed by atoms with van der Waals surface area (Å²) in [6.45, 7) is 1.98. The molecule has 0 bridgehead atoms. The number of amides is 1. The fourth-order valence-corrected chi connectivity index (χ4v) is 4.77. The third-order valence-electron chi connectivity index (χ3n) is 7.33. The van der Waals surface area contributed by atoms with Crippen molar-refractivity contribution >= 4 is 22.9 Å². The van der Waals surface area contributed by atoms with Crippen molar-refractivity contribution in [2.24, 2.45) is 5.92 Å². The van der Waals surface area contributed by atoms with Crippen molar-refractivity contribution in [1.82, 2.24) is 14.9 Å². The maximum Gasteiger partial charge on any atom is 0.307 e. The molecular formula is C29H25N3O4. The minimum Gasteiger partial charge on any atom is -0.481 e. The summed E-state index contributed by atoms with van der Waals surface area (Å²) in [5.41, 5.74) is 3.78. The van der Waals surface area contributed by atoms with Crippen LogP contribution in [0.15, 0.2) is 77.9 Å². The van der Waals surface area contributed by atoms with Gasteiger partial charge in [0.1, 0.15) is 11.2 Å². The largest absolute Gasteiger partial charge is 0.481 e. The molecule has 0 aliphatic heterocycles. The molecule has 2 saturated carbocycles. The SMILES string of the molecule is CC1(NC(=O)c2cn(-c3cccc(-c4ccc([C@@H]5C[C@H]5C(=O)O)cc4)c3)c3ncccc3c2=O)CC1. The van der Waals surface area contributed by atoms with Crippen LogP contribution in [-0.4, -0.2) is 32.1 Å². The molecule has 180 valence electrons. The summed E-state index contributed by atoms with van der Waals surface area (Å²) < 4.78 is 1.79. The van der Waals surface area contributed by atoms with E-state index >= 15 is 0 Å². The molecule has 0 saturated heterocycles. The summed E-state index contributed by atoms with van der Waals surface area (Å²) in [5, 5.41) is 12.6. The van der Waals surface area contributed by atoms with Gasteiger partial charge in [0.2, 0.25) is 5.43 Å². The number of hydrogen-bond donors (Lipinski definition) is 2. The molecule has 1 amide bonds. The molecule has 2 N–H and O–H groups in total. The van der Waals surface area contributed by atoms with Gasteiger partial charge in [0.25, 0.3) is 5.91 Å². The number of benzene rings is 2. The predicted molar refractivity (Wildman–Crippen MR) is 136 cm³/mol. The van der Waals surface area contributed by atoms with Crippen molar-refractivity contribution in [1.29, 1.82) is 0 Å². The third kappa shape index (κ3) is 3.96. The molecule has 36 heavy (non-hydrogen) atoms.